The van der Waals surface area contributed by atoms with Crippen molar-refractivity contribution in [3.05, 3.63) is 23.0 Å². The van der Waals surface area contributed by atoms with Crippen LogP contribution in [0.15, 0.2) is 12.1 Å². The molecule has 20 heavy (non-hydrogen) atoms. The summed E-state index contributed by atoms with van der Waals surface area (Å²) < 4.78 is 0. The molecule has 0 amide bonds. The molecule has 1 aliphatic carbocycles. The molecule has 0 bridgehead atoms. The van der Waals surface area contributed by atoms with Gasteiger partial charge in [-0.3, -0.25) is 0 Å². The van der Waals surface area contributed by atoms with Crippen LogP contribution in [0.2, 0.25) is 5.15 Å². The van der Waals surface area contributed by atoms with E-state index in [1.807, 2.05) is 19.1 Å². The molecule has 1 saturated carbocycles. The second-order valence-corrected chi connectivity index (χ2v) is 7.62. The molecule has 0 saturated heterocycles. The quantitative estimate of drug-likeness (QED) is 0.764. The molecule has 1 aliphatic rings. The van der Waals surface area contributed by atoms with Crippen LogP contribution in [0.3, 0.4) is 0 Å². The van der Waals surface area contributed by atoms with E-state index < -0.39 is 0 Å². The van der Waals surface area contributed by atoms with Crippen molar-refractivity contribution in [2.75, 3.05) is 11.9 Å². The number of hydrogen-bond donors (Lipinski definition) is 1. The molecule has 0 atom stereocenters. The maximum absolute atomic E-state index is 5.89. The van der Waals surface area contributed by atoms with Crippen LogP contribution in [-0.2, 0) is 0 Å². The van der Waals surface area contributed by atoms with Gasteiger partial charge in [0.2, 0.25) is 0 Å². The summed E-state index contributed by atoms with van der Waals surface area (Å²) in [6.45, 7) is 10.2. The van der Waals surface area contributed by atoms with Gasteiger partial charge in [0, 0.05) is 6.54 Å². The smallest absolute Gasteiger partial charge is 0.129 e. The number of aromatic nitrogens is 1. The van der Waals surface area contributed by atoms with E-state index >= 15 is 0 Å². The summed E-state index contributed by atoms with van der Waals surface area (Å²) in [5.41, 5.74) is 2.57. The van der Waals surface area contributed by atoms with Crippen LogP contribution in [0.5, 0.6) is 0 Å². The monoisotopic (exact) mass is 294 g/mol. The van der Waals surface area contributed by atoms with E-state index in [2.05, 4.69) is 31.1 Å². The lowest BCUT2D eigenvalue weighted by atomic mass is 9.70. The third-order valence-electron chi connectivity index (χ3n) is 4.70. The van der Waals surface area contributed by atoms with E-state index in [9.17, 15) is 0 Å². The molecule has 1 aromatic heterocycles. The summed E-state index contributed by atoms with van der Waals surface area (Å²) in [7, 11) is 0. The van der Waals surface area contributed by atoms with Crippen molar-refractivity contribution in [2.24, 2.45) is 17.3 Å². The van der Waals surface area contributed by atoms with E-state index in [-0.39, 0.29) is 0 Å². The number of aryl methyl sites for hydroxylation is 1. The second kappa shape index (κ2) is 6.34. The van der Waals surface area contributed by atoms with Gasteiger partial charge in [0.1, 0.15) is 5.15 Å². The van der Waals surface area contributed by atoms with Gasteiger partial charge in [-0.25, -0.2) is 4.98 Å². The fourth-order valence-corrected chi connectivity index (χ4v) is 3.39. The maximum atomic E-state index is 5.89. The van der Waals surface area contributed by atoms with Gasteiger partial charge in [-0.15, -0.1) is 0 Å². The molecule has 1 fully saturated rings. The van der Waals surface area contributed by atoms with Crippen LogP contribution in [-0.4, -0.2) is 11.5 Å². The fraction of sp³-hybridized carbons (Fsp3) is 0.706. The number of hydrogen-bond acceptors (Lipinski definition) is 2. The van der Waals surface area contributed by atoms with Crippen molar-refractivity contribution >= 4 is 17.3 Å². The van der Waals surface area contributed by atoms with Crippen LogP contribution in [0.25, 0.3) is 0 Å². The Morgan fingerprint density at radius 1 is 1.20 bits per heavy atom. The zero-order chi connectivity index (χ0) is 14.8. The van der Waals surface area contributed by atoms with E-state index in [0.717, 1.165) is 29.8 Å². The lowest BCUT2D eigenvalue weighted by Crippen LogP contribution is -2.28. The van der Waals surface area contributed by atoms with Crippen LogP contribution in [0.4, 0.5) is 5.69 Å². The first kappa shape index (κ1) is 15.6. The third kappa shape index (κ3) is 4.12. The molecule has 1 heterocycles. The fourth-order valence-electron chi connectivity index (χ4n) is 3.20. The zero-order valence-corrected chi connectivity index (χ0v) is 13.9. The highest BCUT2D eigenvalue weighted by atomic mass is 35.5. The molecular formula is C17H27ClN2. The minimum Gasteiger partial charge on any atom is -0.383 e. The summed E-state index contributed by atoms with van der Waals surface area (Å²) in [5, 5.41) is 4.11. The van der Waals surface area contributed by atoms with Crippen molar-refractivity contribution < 1.29 is 0 Å². The van der Waals surface area contributed by atoms with Gasteiger partial charge in [-0.05, 0) is 62.0 Å². The molecule has 112 valence electrons. The van der Waals surface area contributed by atoms with Crippen LogP contribution in [0.1, 0.15) is 52.1 Å². The minimum atomic E-state index is 0.467. The van der Waals surface area contributed by atoms with E-state index in [0.29, 0.717) is 10.6 Å². The van der Waals surface area contributed by atoms with Crippen LogP contribution >= 0.6 is 11.6 Å². The number of nitrogens with one attached hydrogen (secondary N) is 1. The molecule has 0 aliphatic heterocycles. The number of rotatable bonds is 3. The Morgan fingerprint density at radius 2 is 1.85 bits per heavy atom. The van der Waals surface area contributed by atoms with Gasteiger partial charge < -0.3 is 5.32 Å². The Labute approximate surface area is 128 Å². The summed E-state index contributed by atoms with van der Waals surface area (Å²) >= 11 is 5.89. The second-order valence-electron chi connectivity index (χ2n) is 7.23. The largest absolute Gasteiger partial charge is 0.383 e. The SMILES string of the molecule is Cc1nc(Cl)ccc1NCC1CCC(C(C)(C)C)CC1. The molecule has 0 aromatic carbocycles. The molecule has 0 unspecified atom stereocenters. The Hall–Kier alpha value is -0.760. The van der Waals surface area contributed by atoms with E-state index in [1.54, 1.807) is 0 Å². The Kier molecular flexibility index (Phi) is 4.95. The Morgan fingerprint density at radius 3 is 2.40 bits per heavy atom. The molecule has 0 spiro atoms. The average Bonchev–Trinajstić information content (AvgIpc) is 2.37. The number of anilines is 1. The number of pyridine rings is 1. The van der Waals surface area contributed by atoms with Gasteiger partial charge in [-0.1, -0.05) is 32.4 Å². The molecule has 1 N–H and O–H groups in total. The molecule has 1 aromatic rings. The minimum absolute atomic E-state index is 0.467. The summed E-state index contributed by atoms with van der Waals surface area (Å²) in [6, 6.07) is 3.89. The summed E-state index contributed by atoms with van der Waals surface area (Å²) in [4.78, 5) is 4.28. The standard InChI is InChI=1S/C17H27ClN2/c1-12-15(9-10-16(18)20-12)19-11-13-5-7-14(8-6-13)17(2,3)4/h9-10,13-14,19H,5-8,11H2,1-4H3. The Balaban J connectivity index is 1.82. The summed E-state index contributed by atoms with van der Waals surface area (Å²) in [5.74, 6) is 1.68. The molecular weight excluding hydrogens is 268 g/mol. The number of halogens is 1. The van der Waals surface area contributed by atoms with Crippen molar-refractivity contribution in [2.45, 2.75) is 53.4 Å². The molecule has 0 radical (unpaired) electrons. The van der Waals surface area contributed by atoms with Gasteiger partial charge >= 0.3 is 0 Å². The van der Waals surface area contributed by atoms with Crippen molar-refractivity contribution in [1.82, 2.24) is 4.98 Å². The van der Waals surface area contributed by atoms with Crippen molar-refractivity contribution in [3.63, 3.8) is 0 Å². The highest BCUT2D eigenvalue weighted by Crippen LogP contribution is 2.39. The predicted octanol–water partition coefficient (Wildman–Crippen LogP) is 5.31. The molecule has 2 nitrogen and oxygen atoms in total. The van der Waals surface area contributed by atoms with Gasteiger partial charge in [0.15, 0.2) is 0 Å². The molecule has 3 heteroatoms. The van der Waals surface area contributed by atoms with Crippen molar-refractivity contribution in [1.29, 1.82) is 0 Å². The predicted molar refractivity (Wildman–Crippen MR) is 87.4 cm³/mol. The van der Waals surface area contributed by atoms with Gasteiger partial charge in [-0.2, -0.15) is 0 Å². The van der Waals surface area contributed by atoms with Crippen LogP contribution < -0.4 is 5.32 Å². The first-order valence-corrected chi connectivity index (χ1v) is 8.11. The normalized spacial score (nSPS) is 23.6. The average molecular weight is 295 g/mol. The van der Waals surface area contributed by atoms with E-state index in [1.165, 1.54) is 25.7 Å². The lowest BCUT2D eigenvalue weighted by molar-refractivity contribution is 0.153. The first-order valence-electron chi connectivity index (χ1n) is 7.73. The van der Waals surface area contributed by atoms with Crippen molar-refractivity contribution in [3.8, 4) is 0 Å². The summed E-state index contributed by atoms with van der Waals surface area (Å²) in [6.07, 6.45) is 5.42. The third-order valence-corrected chi connectivity index (χ3v) is 4.92. The number of nitrogens with zero attached hydrogens (tertiary/aromatic N) is 1. The maximum Gasteiger partial charge on any atom is 0.129 e. The van der Waals surface area contributed by atoms with Crippen LogP contribution in [0, 0.1) is 24.2 Å². The van der Waals surface area contributed by atoms with Gasteiger partial charge in [0.05, 0.1) is 11.4 Å². The lowest BCUT2D eigenvalue weighted by Gasteiger charge is -2.37. The Bertz CT molecular complexity index is 443. The molecule has 2 rings (SSSR count). The zero-order valence-electron chi connectivity index (χ0n) is 13.2. The topological polar surface area (TPSA) is 24.9 Å². The van der Waals surface area contributed by atoms with E-state index in [4.69, 9.17) is 11.6 Å². The highest BCUT2D eigenvalue weighted by molar-refractivity contribution is 6.29. The first-order chi connectivity index (χ1) is 9.36. The van der Waals surface area contributed by atoms with Gasteiger partial charge in [0.25, 0.3) is 0 Å². The highest BCUT2D eigenvalue weighted by Gasteiger charge is 2.29.